The molecular formula is C38H42F2N4O4S. The number of nitrogens with two attached hydrogens (primary N) is 1. The van der Waals surface area contributed by atoms with Crippen LogP contribution in [0.5, 0.6) is 11.5 Å². The van der Waals surface area contributed by atoms with Crippen LogP contribution < -0.4 is 10.5 Å². The lowest BCUT2D eigenvalue weighted by Crippen LogP contribution is -2.41. The second kappa shape index (κ2) is 14.5. The number of halogens is 2. The first-order valence-electron chi connectivity index (χ1n) is 16.2. The molecule has 8 nitrogen and oxygen atoms in total. The van der Waals surface area contributed by atoms with Gasteiger partial charge in [-0.3, -0.25) is 14.6 Å². The summed E-state index contributed by atoms with van der Waals surface area (Å²) in [6.07, 6.45) is 3.01. The van der Waals surface area contributed by atoms with Crippen LogP contribution in [0.3, 0.4) is 0 Å². The topological polar surface area (TPSA) is 130 Å². The zero-order valence-corrected chi connectivity index (χ0v) is 29.2. The summed E-state index contributed by atoms with van der Waals surface area (Å²) >= 11 is 1.61. The van der Waals surface area contributed by atoms with E-state index in [2.05, 4.69) is 15.0 Å². The van der Waals surface area contributed by atoms with Gasteiger partial charge in [-0.15, -0.1) is 0 Å². The number of hydrogen-bond donors (Lipinski definition) is 3. The number of aromatic nitrogens is 1. The normalized spacial score (nSPS) is 20.5. The van der Waals surface area contributed by atoms with Gasteiger partial charge in [0.1, 0.15) is 23.2 Å². The molecule has 1 aromatic heterocycles. The highest BCUT2D eigenvalue weighted by Crippen LogP contribution is 2.38. The van der Waals surface area contributed by atoms with Crippen molar-refractivity contribution in [3.05, 3.63) is 94.7 Å². The van der Waals surface area contributed by atoms with Gasteiger partial charge in [-0.05, 0) is 67.3 Å². The lowest BCUT2D eigenvalue weighted by Gasteiger charge is -2.32. The quantitative estimate of drug-likeness (QED) is 0.200. The van der Waals surface area contributed by atoms with E-state index in [9.17, 15) is 14.7 Å². The molecule has 5 rings (SSSR count). The van der Waals surface area contributed by atoms with Crippen LogP contribution in [0.25, 0.3) is 10.9 Å². The Hall–Kier alpha value is -4.51. The second-order valence-corrected chi connectivity index (χ2v) is 14.6. The zero-order valence-electron chi connectivity index (χ0n) is 28.4. The van der Waals surface area contributed by atoms with Crippen molar-refractivity contribution >= 4 is 46.1 Å². The SMILES string of the molecule is CN=C1N=C(N)C(C)(c2cccc(CC(C)C(=O)O)c2)CCC(=O)C(C)(C)CSCCc2c(c(F)cc3[nH]ccc23)Oc2ccc(F)c1c2. The van der Waals surface area contributed by atoms with Gasteiger partial charge in [0.2, 0.25) is 0 Å². The molecule has 0 radical (unpaired) electrons. The maximum atomic E-state index is 15.6. The molecule has 3 aromatic carbocycles. The van der Waals surface area contributed by atoms with Crippen molar-refractivity contribution in [1.82, 2.24) is 4.98 Å². The number of thioether (sulfide) groups is 1. The van der Waals surface area contributed by atoms with Crippen molar-refractivity contribution in [2.45, 2.75) is 58.8 Å². The molecule has 1 aliphatic rings. The molecule has 4 N–H and O–H groups in total. The number of rotatable bonds is 4. The molecule has 2 atom stereocenters. The summed E-state index contributed by atoms with van der Waals surface area (Å²) in [7, 11) is 1.47. The predicted octanol–water partition coefficient (Wildman–Crippen LogP) is 7.86. The maximum Gasteiger partial charge on any atom is 0.306 e. The minimum Gasteiger partial charge on any atom is -0.481 e. The van der Waals surface area contributed by atoms with E-state index in [1.54, 1.807) is 24.9 Å². The van der Waals surface area contributed by atoms with Crippen LogP contribution in [0.2, 0.25) is 0 Å². The predicted molar refractivity (Wildman–Crippen MR) is 192 cm³/mol. The number of carbonyl (C=O) groups is 2. The van der Waals surface area contributed by atoms with Crippen molar-refractivity contribution in [2.24, 2.45) is 27.1 Å². The fourth-order valence-corrected chi connectivity index (χ4v) is 7.26. The molecule has 0 amide bonds. The van der Waals surface area contributed by atoms with Gasteiger partial charge < -0.3 is 20.6 Å². The number of H-pyrrole nitrogens is 1. The van der Waals surface area contributed by atoms with E-state index in [4.69, 9.17) is 10.5 Å². The first-order chi connectivity index (χ1) is 23.2. The van der Waals surface area contributed by atoms with Gasteiger partial charge in [-0.1, -0.05) is 45.0 Å². The monoisotopic (exact) mass is 688 g/mol. The molecule has 1 aliphatic heterocycles. The standard InChI is InChI=1S/C38H42F2N4O4S/c1-22(35(46)47)17-23-7-6-8-24(18-23)38(4)14-11-32(45)37(2,3)21-49-16-13-27-26-12-15-43-31(26)20-30(40)33(27)48-25-9-10-29(39)28(19-25)34(42-5)44-36(38)41/h6-10,12,15,18-20,22,43H,11,13-14,16-17,21H2,1-5H3,(H,46,47)(H2,41,42,44). The number of aliphatic carboxylic acids is 1. The first-order valence-corrected chi connectivity index (χ1v) is 17.4. The number of benzene rings is 3. The lowest BCUT2D eigenvalue weighted by molar-refractivity contribution is -0.141. The first kappa shape index (κ1) is 35.8. The Balaban J connectivity index is 1.63. The molecule has 2 unspecified atom stereocenters. The number of carbonyl (C=O) groups excluding carboxylic acids is 1. The fourth-order valence-electron chi connectivity index (χ4n) is 6.09. The number of carboxylic acid groups (broad SMARTS) is 1. The van der Waals surface area contributed by atoms with Crippen LogP contribution >= 0.6 is 11.8 Å². The summed E-state index contributed by atoms with van der Waals surface area (Å²) in [6.45, 7) is 7.36. The zero-order chi connectivity index (χ0) is 35.5. The van der Waals surface area contributed by atoms with E-state index in [1.807, 2.05) is 51.1 Å². The highest BCUT2D eigenvalue weighted by atomic mass is 32.2. The largest absolute Gasteiger partial charge is 0.481 e. The summed E-state index contributed by atoms with van der Waals surface area (Å²) in [5.41, 5.74) is 7.98. The number of ether oxygens (including phenoxy) is 1. The summed E-state index contributed by atoms with van der Waals surface area (Å²) < 4.78 is 37.2. The van der Waals surface area contributed by atoms with Gasteiger partial charge in [-0.25, -0.2) is 13.8 Å². The van der Waals surface area contributed by atoms with Gasteiger partial charge >= 0.3 is 5.97 Å². The van der Waals surface area contributed by atoms with Crippen molar-refractivity contribution in [2.75, 3.05) is 18.6 Å². The van der Waals surface area contributed by atoms with Crippen LogP contribution in [0.4, 0.5) is 8.78 Å². The van der Waals surface area contributed by atoms with Crippen molar-refractivity contribution in [3.8, 4) is 11.5 Å². The van der Waals surface area contributed by atoms with Crippen LogP contribution in [-0.2, 0) is 27.8 Å². The van der Waals surface area contributed by atoms with Crippen molar-refractivity contribution < 1.29 is 28.2 Å². The Bertz CT molecular complexity index is 1950. The van der Waals surface area contributed by atoms with Crippen LogP contribution in [0, 0.1) is 23.0 Å². The van der Waals surface area contributed by atoms with Crippen LogP contribution in [-0.4, -0.2) is 52.1 Å². The lowest BCUT2D eigenvalue weighted by atomic mass is 9.74. The number of Topliss-reactive ketones (excluding diaryl/α,β-unsaturated/α-hetero) is 1. The van der Waals surface area contributed by atoms with E-state index in [0.29, 0.717) is 41.8 Å². The number of ketones is 1. The molecule has 0 spiro atoms. The number of aliphatic imine (C=N–C) groups is 2. The third kappa shape index (κ3) is 7.72. The molecule has 0 saturated heterocycles. The number of nitrogens with zero attached hydrogens (tertiary/aromatic N) is 2. The Labute approximate surface area is 289 Å². The van der Waals surface area contributed by atoms with E-state index < -0.39 is 34.4 Å². The summed E-state index contributed by atoms with van der Waals surface area (Å²) in [5.74, 6) is -1.15. The highest BCUT2D eigenvalue weighted by molar-refractivity contribution is 7.99. The number of fused-ring (bicyclic) bond motifs is 5. The van der Waals surface area contributed by atoms with Crippen LogP contribution in [0.15, 0.2) is 70.8 Å². The molecule has 4 aromatic rings. The van der Waals surface area contributed by atoms with Gasteiger partial charge in [0.15, 0.2) is 17.4 Å². The van der Waals surface area contributed by atoms with Crippen molar-refractivity contribution in [3.63, 3.8) is 0 Å². The van der Waals surface area contributed by atoms with Gasteiger partial charge in [0, 0.05) is 53.4 Å². The smallest absolute Gasteiger partial charge is 0.306 e. The van der Waals surface area contributed by atoms with E-state index >= 15 is 8.78 Å². The van der Waals surface area contributed by atoms with Gasteiger partial charge in [0.25, 0.3) is 0 Å². The second-order valence-electron chi connectivity index (χ2n) is 13.5. The maximum absolute atomic E-state index is 15.6. The third-order valence-electron chi connectivity index (χ3n) is 9.36. The van der Waals surface area contributed by atoms with E-state index in [-0.39, 0.29) is 40.9 Å². The molecule has 0 fully saturated rings. The Morgan fingerprint density at radius 1 is 1.12 bits per heavy atom. The number of aryl methyl sites for hydroxylation is 1. The average molecular weight is 689 g/mol. The van der Waals surface area contributed by atoms with Crippen LogP contribution in [0.1, 0.15) is 62.8 Å². The minimum atomic E-state index is -1.00. The molecule has 2 heterocycles. The number of hydrogen-bond acceptors (Lipinski definition) is 6. The van der Waals surface area contributed by atoms with Crippen molar-refractivity contribution in [1.29, 1.82) is 0 Å². The van der Waals surface area contributed by atoms with E-state index in [1.165, 1.54) is 31.3 Å². The molecule has 0 saturated carbocycles. The number of aromatic amines is 1. The Kier molecular flexibility index (Phi) is 10.6. The third-order valence-corrected chi connectivity index (χ3v) is 10.8. The van der Waals surface area contributed by atoms with E-state index in [0.717, 1.165) is 16.5 Å². The molecule has 49 heavy (non-hydrogen) atoms. The number of carboxylic acids is 1. The summed E-state index contributed by atoms with van der Waals surface area (Å²) in [4.78, 5) is 37.4. The summed E-state index contributed by atoms with van der Waals surface area (Å²) in [6, 6.07) is 14.8. The molecule has 0 aliphatic carbocycles. The van der Waals surface area contributed by atoms with Gasteiger partial charge in [0.05, 0.1) is 16.9 Å². The minimum absolute atomic E-state index is 0.00622. The number of amidine groups is 2. The fraction of sp³-hybridized carbons (Fsp3) is 0.368. The summed E-state index contributed by atoms with van der Waals surface area (Å²) in [5, 5.41) is 10.3. The highest BCUT2D eigenvalue weighted by Gasteiger charge is 2.36. The molecule has 258 valence electrons. The molecular weight excluding hydrogens is 647 g/mol. The Morgan fingerprint density at radius 3 is 2.63 bits per heavy atom. The molecule has 11 heteroatoms. The Morgan fingerprint density at radius 2 is 1.90 bits per heavy atom. The van der Waals surface area contributed by atoms with Gasteiger partial charge in [-0.2, -0.15) is 11.8 Å². The average Bonchev–Trinajstić information content (AvgIpc) is 3.53. The number of nitrogens with one attached hydrogen (secondary N) is 1. The molecule has 2 bridgehead atoms.